The van der Waals surface area contributed by atoms with E-state index < -0.39 is 11.7 Å². The van der Waals surface area contributed by atoms with Crippen LogP contribution in [0.2, 0.25) is 0 Å². The molecule has 5 heteroatoms. The van der Waals surface area contributed by atoms with Gasteiger partial charge in [0.2, 0.25) is 0 Å². The first-order valence-electron chi connectivity index (χ1n) is 6.23. The van der Waals surface area contributed by atoms with Gasteiger partial charge in [0.25, 0.3) is 0 Å². The Bertz CT molecular complexity index is 621. The standard InChI is InChI=1S/C15H16N2O3/c1-15(2,3)20-14(19)17-9-13(8-16-17)12-6-4-11(10-18)5-7-12/h4-10H,1-3H3. The van der Waals surface area contributed by atoms with Gasteiger partial charge >= 0.3 is 6.09 Å². The fourth-order valence-electron chi connectivity index (χ4n) is 1.63. The van der Waals surface area contributed by atoms with Crippen molar-refractivity contribution in [3.8, 4) is 11.1 Å². The quantitative estimate of drug-likeness (QED) is 0.788. The van der Waals surface area contributed by atoms with Crippen molar-refractivity contribution in [2.45, 2.75) is 26.4 Å². The Kier molecular flexibility index (Phi) is 3.70. The second kappa shape index (κ2) is 5.28. The van der Waals surface area contributed by atoms with E-state index in [2.05, 4.69) is 5.10 Å². The molecule has 0 aliphatic rings. The summed E-state index contributed by atoms with van der Waals surface area (Å²) in [7, 11) is 0. The highest BCUT2D eigenvalue weighted by Crippen LogP contribution is 2.19. The normalized spacial score (nSPS) is 11.2. The highest BCUT2D eigenvalue weighted by Gasteiger charge is 2.18. The number of rotatable bonds is 2. The van der Waals surface area contributed by atoms with Crippen LogP contribution in [0.5, 0.6) is 0 Å². The maximum absolute atomic E-state index is 11.8. The molecular formula is C15H16N2O3. The minimum atomic E-state index is -0.561. The molecule has 0 unspecified atom stereocenters. The van der Waals surface area contributed by atoms with Crippen molar-refractivity contribution in [1.82, 2.24) is 9.78 Å². The average molecular weight is 272 g/mol. The van der Waals surface area contributed by atoms with Crippen molar-refractivity contribution in [3.05, 3.63) is 42.2 Å². The van der Waals surface area contributed by atoms with Crippen LogP contribution < -0.4 is 0 Å². The highest BCUT2D eigenvalue weighted by molar-refractivity contribution is 5.77. The predicted octanol–water partition coefficient (Wildman–Crippen LogP) is 3.15. The number of aldehydes is 1. The van der Waals surface area contributed by atoms with Crippen LogP contribution in [-0.2, 0) is 4.74 Å². The molecule has 0 aliphatic carbocycles. The molecular weight excluding hydrogens is 256 g/mol. The summed E-state index contributed by atoms with van der Waals surface area (Å²) in [4.78, 5) is 22.4. The van der Waals surface area contributed by atoms with Crippen LogP contribution in [0, 0.1) is 0 Å². The third-order valence-corrected chi connectivity index (χ3v) is 2.54. The molecule has 2 aromatic rings. The molecule has 0 saturated carbocycles. The van der Waals surface area contributed by atoms with E-state index in [4.69, 9.17) is 4.74 Å². The van der Waals surface area contributed by atoms with Crippen LogP contribution in [0.15, 0.2) is 36.7 Å². The second-order valence-electron chi connectivity index (χ2n) is 5.39. The molecule has 1 aromatic carbocycles. The summed E-state index contributed by atoms with van der Waals surface area (Å²) in [5.74, 6) is 0. The number of hydrogen-bond acceptors (Lipinski definition) is 4. The lowest BCUT2D eigenvalue weighted by molar-refractivity contribution is 0.0514. The lowest BCUT2D eigenvalue weighted by Crippen LogP contribution is -2.27. The minimum absolute atomic E-state index is 0.520. The van der Waals surface area contributed by atoms with E-state index in [-0.39, 0.29) is 0 Å². The van der Waals surface area contributed by atoms with E-state index in [1.807, 2.05) is 0 Å². The first-order valence-corrected chi connectivity index (χ1v) is 6.23. The van der Waals surface area contributed by atoms with Gasteiger partial charge in [-0.25, -0.2) is 4.79 Å². The van der Waals surface area contributed by atoms with E-state index in [0.29, 0.717) is 5.56 Å². The number of ether oxygens (including phenoxy) is 1. The molecule has 0 atom stereocenters. The molecule has 1 aromatic heterocycles. The van der Waals surface area contributed by atoms with Gasteiger partial charge in [0.1, 0.15) is 11.9 Å². The molecule has 2 rings (SSSR count). The Balaban J connectivity index is 2.19. The molecule has 5 nitrogen and oxygen atoms in total. The zero-order chi connectivity index (χ0) is 14.8. The summed E-state index contributed by atoms with van der Waals surface area (Å²) >= 11 is 0. The number of carbonyl (C=O) groups is 2. The van der Waals surface area contributed by atoms with E-state index in [0.717, 1.165) is 22.1 Å². The van der Waals surface area contributed by atoms with Crippen LogP contribution in [0.4, 0.5) is 4.79 Å². The average Bonchev–Trinajstić information content (AvgIpc) is 2.86. The van der Waals surface area contributed by atoms with Crippen molar-refractivity contribution in [2.75, 3.05) is 0 Å². The topological polar surface area (TPSA) is 61.2 Å². The molecule has 0 radical (unpaired) electrons. The fraction of sp³-hybridized carbons (Fsp3) is 0.267. The van der Waals surface area contributed by atoms with Gasteiger partial charge in [-0.15, -0.1) is 0 Å². The van der Waals surface area contributed by atoms with Crippen molar-refractivity contribution in [3.63, 3.8) is 0 Å². The zero-order valence-electron chi connectivity index (χ0n) is 11.7. The number of hydrogen-bond donors (Lipinski definition) is 0. The van der Waals surface area contributed by atoms with Crippen molar-refractivity contribution >= 4 is 12.4 Å². The van der Waals surface area contributed by atoms with E-state index in [9.17, 15) is 9.59 Å². The van der Waals surface area contributed by atoms with Gasteiger partial charge in [0.15, 0.2) is 0 Å². The van der Waals surface area contributed by atoms with Gasteiger partial charge in [0.05, 0.1) is 6.20 Å². The number of benzene rings is 1. The minimum Gasteiger partial charge on any atom is -0.442 e. The van der Waals surface area contributed by atoms with Crippen molar-refractivity contribution in [1.29, 1.82) is 0 Å². The van der Waals surface area contributed by atoms with Crippen LogP contribution in [-0.4, -0.2) is 27.8 Å². The summed E-state index contributed by atoms with van der Waals surface area (Å²) < 4.78 is 6.39. The molecule has 1 heterocycles. The lowest BCUT2D eigenvalue weighted by atomic mass is 10.1. The lowest BCUT2D eigenvalue weighted by Gasteiger charge is -2.18. The summed E-state index contributed by atoms with van der Waals surface area (Å²) in [5, 5.41) is 3.99. The molecule has 0 bridgehead atoms. The maximum atomic E-state index is 11.8. The first-order chi connectivity index (χ1) is 9.39. The molecule has 0 saturated heterocycles. The number of aromatic nitrogens is 2. The van der Waals surface area contributed by atoms with Crippen LogP contribution in [0.1, 0.15) is 31.1 Å². The zero-order valence-corrected chi connectivity index (χ0v) is 11.7. The SMILES string of the molecule is CC(C)(C)OC(=O)n1cc(-c2ccc(C=O)cc2)cn1. The third kappa shape index (κ3) is 3.32. The molecule has 0 aliphatic heterocycles. The fourth-order valence-corrected chi connectivity index (χ4v) is 1.63. The summed E-state index contributed by atoms with van der Waals surface area (Å²) in [6, 6.07) is 7.04. The Hall–Kier alpha value is -2.43. The van der Waals surface area contributed by atoms with Crippen LogP contribution >= 0.6 is 0 Å². The van der Waals surface area contributed by atoms with Gasteiger partial charge in [-0.2, -0.15) is 9.78 Å². The van der Waals surface area contributed by atoms with Gasteiger partial charge in [-0.05, 0) is 26.3 Å². The van der Waals surface area contributed by atoms with Crippen molar-refractivity contribution < 1.29 is 14.3 Å². The van der Waals surface area contributed by atoms with Crippen LogP contribution in [0.25, 0.3) is 11.1 Å². The Labute approximate surface area is 117 Å². The van der Waals surface area contributed by atoms with Gasteiger partial charge in [-0.3, -0.25) is 4.79 Å². The monoisotopic (exact) mass is 272 g/mol. The Morgan fingerprint density at radius 3 is 2.40 bits per heavy atom. The maximum Gasteiger partial charge on any atom is 0.435 e. The molecule has 0 fully saturated rings. The summed E-state index contributed by atoms with van der Waals surface area (Å²) in [6.07, 6.45) is 3.45. The Morgan fingerprint density at radius 2 is 1.85 bits per heavy atom. The third-order valence-electron chi connectivity index (χ3n) is 2.54. The van der Waals surface area contributed by atoms with Crippen molar-refractivity contribution in [2.24, 2.45) is 0 Å². The number of carbonyl (C=O) groups excluding carboxylic acids is 2. The molecule has 0 amide bonds. The van der Waals surface area contributed by atoms with Gasteiger partial charge in [-0.1, -0.05) is 24.3 Å². The molecule has 104 valence electrons. The predicted molar refractivity (Wildman–Crippen MR) is 74.7 cm³/mol. The second-order valence-corrected chi connectivity index (χ2v) is 5.39. The first kappa shape index (κ1) is 14.0. The van der Waals surface area contributed by atoms with Gasteiger partial charge < -0.3 is 4.74 Å². The summed E-state index contributed by atoms with van der Waals surface area (Å²) in [6.45, 7) is 5.40. The largest absolute Gasteiger partial charge is 0.442 e. The summed E-state index contributed by atoms with van der Waals surface area (Å²) in [5.41, 5.74) is 1.71. The molecule has 0 spiro atoms. The Morgan fingerprint density at radius 1 is 1.20 bits per heavy atom. The highest BCUT2D eigenvalue weighted by atomic mass is 16.6. The van der Waals surface area contributed by atoms with E-state index >= 15 is 0 Å². The molecule has 20 heavy (non-hydrogen) atoms. The van der Waals surface area contributed by atoms with E-state index in [1.165, 1.54) is 0 Å². The van der Waals surface area contributed by atoms with E-state index in [1.54, 1.807) is 57.4 Å². The molecule has 0 N–H and O–H groups in total. The van der Waals surface area contributed by atoms with Crippen LogP contribution in [0.3, 0.4) is 0 Å². The number of nitrogens with zero attached hydrogens (tertiary/aromatic N) is 2. The smallest absolute Gasteiger partial charge is 0.435 e. The van der Waals surface area contributed by atoms with Gasteiger partial charge in [0, 0.05) is 17.3 Å².